The fraction of sp³-hybridized carbons (Fsp3) is 0.350. The summed E-state index contributed by atoms with van der Waals surface area (Å²) >= 11 is 0. The van der Waals surface area contributed by atoms with Gasteiger partial charge in [0.05, 0.1) is 14.2 Å². The summed E-state index contributed by atoms with van der Waals surface area (Å²) in [6, 6.07) is 11.7. The molecule has 5 nitrogen and oxygen atoms in total. The molecule has 25 heavy (non-hydrogen) atoms. The number of aliphatic hydroxyl groups excluding tert-OH is 1. The normalized spacial score (nSPS) is 12.4. The van der Waals surface area contributed by atoms with Crippen LogP contribution in [0.15, 0.2) is 42.7 Å². The summed E-state index contributed by atoms with van der Waals surface area (Å²) in [6.07, 6.45) is 1.40. The Morgan fingerprint density at radius 1 is 1.12 bits per heavy atom. The van der Waals surface area contributed by atoms with E-state index in [0.29, 0.717) is 12.3 Å². The van der Waals surface area contributed by atoms with Gasteiger partial charge in [0, 0.05) is 6.07 Å². The number of aliphatic hydroxyl groups is 1. The Kier molecular flexibility index (Phi) is 4.95. The fourth-order valence-electron chi connectivity index (χ4n) is 2.94. The van der Waals surface area contributed by atoms with E-state index in [4.69, 9.17) is 9.47 Å². The molecule has 0 fully saturated rings. The number of aromatic nitrogens is 2. The summed E-state index contributed by atoms with van der Waals surface area (Å²) in [5.41, 5.74) is 4.78. The average molecular weight is 341 g/mol. The van der Waals surface area contributed by atoms with Gasteiger partial charge in [0.1, 0.15) is 30.8 Å². The number of fused-ring (bicyclic) bond motifs is 1. The minimum atomic E-state index is -0.608. The maximum absolute atomic E-state index is 10.4. The predicted octanol–water partition coefficient (Wildman–Crippen LogP) is 2.53. The molecule has 0 aliphatic rings. The third-order valence-corrected chi connectivity index (χ3v) is 4.48. The van der Waals surface area contributed by atoms with Crippen LogP contribution in [0.2, 0.25) is 0 Å². The lowest BCUT2D eigenvalue weighted by molar-refractivity contribution is -0.645. The van der Waals surface area contributed by atoms with E-state index in [1.54, 1.807) is 7.11 Å². The Balaban J connectivity index is 1.71. The van der Waals surface area contributed by atoms with Gasteiger partial charge in [-0.3, -0.25) is 0 Å². The zero-order valence-corrected chi connectivity index (χ0v) is 15.2. The van der Waals surface area contributed by atoms with Gasteiger partial charge in [0.2, 0.25) is 6.33 Å². The molecule has 0 saturated heterocycles. The number of hydrogen-bond acceptors (Lipinski definition) is 3. The Morgan fingerprint density at radius 2 is 1.84 bits per heavy atom. The molecule has 2 aromatic carbocycles. The molecule has 0 saturated carbocycles. The molecule has 3 rings (SSSR count). The van der Waals surface area contributed by atoms with E-state index in [1.165, 1.54) is 11.1 Å². The standard InChI is InChI=1S/C20H25N2O3/c1-14-8-19-20(9-15(14)2)22(13-21(19)3)11-16(23)12-25-18-7-5-6-17(10-18)24-4/h5-10,13,16,23H,11-12H2,1-4H3/q+1. The first kappa shape index (κ1) is 17.3. The van der Waals surface area contributed by atoms with Crippen molar-refractivity contribution >= 4 is 11.0 Å². The maximum Gasteiger partial charge on any atom is 0.244 e. The van der Waals surface area contributed by atoms with Crippen LogP contribution >= 0.6 is 0 Å². The van der Waals surface area contributed by atoms with Crippen molar-refractivity contribution in [3.63, 3.8) is 0 Å². The van der Waals surface area contributed by atoms with Crippen LogP contribution in [0.3, 0.4) is 0 Å². The van der Waals surface area contributed by atoms with Gasteiger partial charge in [-0.1, -0.05) is 6.07 Å². The molecular weight excluding hydrogens is 316 g/mol. The topological polar surface area (TPSA) is 47.5 Å². The quantitative estimate of drug-likeness (QED) is 0.701. The van der Waals surface area contributed by atoms with Crippen LogP contribution in [-0.2, 0) is 13.6 Å². The van der Waals surface area contributed by atoms with Crippen LogP contribution in [0, 0.1) is 13.8 Å². The van der Waals surface area contributed by atoms with Gasteiger partial charge < -0.3 is 14.6 Å². The van der Waals surface area contributed by atoms with Crippen molar-refractivity contribution in [1.29, 1.82) is 0 Å². The van der Waals surface area contributed by atoms with Gasteiger partial charge in [-0.15, -0.1) is 0 Å². The smallest absolute Gasteiger partial charge is 0.244 e. The number of imidazole rings is 1. The van der Waals surface area contributed by atoms with Crippen molar-refractivity contribution in [3.8, 4) is 11.5 Å². The van der Waals surface area contributed by atoms with Crippen molar-refractivity contribution in [1.82, 2.24) is 4.57 Å². The third-order valence-electron chi connectivity index (χ3n) is 4.48. The highest BCUT2D eigenvalue weighted by Gasteiger charge is 2.18. The highest BCUT2D eigenvalue weighted by Crippen LogP contribution is 2.20. The van der Waals surface area contributed by atoms with Crippen LogP contribution in [0.4, 0.5) is 0 Å². The monoisotopic (exact) mass is 341 g/mol. The summed E-state index contributed by atoms with van der Waals surface area (Å²) in [5.74, 6) is 1.43. The van der Waals surface area contributed by atoms with Gasteiger partial charge in [-0.2, -0.15) is 0 Å². The largest absolute Gasteiger partial charge is 0.497 e. The van der Waals surface area contributed by atoms with Crippen molar-refractivity contribution in [2.24, 2.45) is 7.05 Å². The summed E-state index contributed by atoms with van der Waals surface area (Å²) in [5, 5.41) is 10.4. The molecule has 0 radical (unpaired) electrons. The average Bonchev–Trinajstić information content (AvgIpc) is 2.89. The minimum absolute atomic E-state index is 0.224. The summed E-state index contributed by atoms with van der Waals surface area (Å²) in [7, 11) is 3.64. The SMILES string of the molecule is COc1cccc(OCC(O)Cn2c[n+](C)c3cc(C)c(C)cc32)c1. The van der Waals surface area contributed by atoms with Crippen LogP contribution < -0.4 is 14.0 Å². The summed E-state index contributed by atoms with van der Waals surface area (Å²) in [6.45, 7) is 4.92. The molecule has 1 N–H and O–H groups in total. The predicted molar refractivity (Wildman–Crippen MR) is 97.1 cm³/mol. The highest BCUT2D eigenvalue weighted by atomic mass is 16.5. The molecule has 1 atom stereocenters. The Morgan fingerprint density at radius 3 is 2.60 bits per heavy atom. The first-order valence-corrected chi connectivity index (χ1v) is 8.38. The molecule has 3 aromatic rings. The van der Waals surface area contributed by atoms with E-state index in [-0.39, 0.29) is 6.61 Å². The molecule has 0 amide bonds. The number of hydrogen-bond donors (Lipinski definition) is 1. The highest BCUT2D eigenvalue weighted by molar-refractivity contribution is 5.74. The van der Waals surface area contributed by atoms with E-state index in [0.717, 1.165) is 16.8 Å². The van der Waals surface area contributed by atoms with Gasteiger partial charge in [0.15, 0.2) is 11.0 Å². The van der Waals surface area contributed by atoms with Crippen LogP contribution in [-0.4, -0.2) is 29.5 Å². The molecule has 1 aromatic heterocycles. The first-order valence-electron chi connectivity index (χ1n) is 8.38. The van der Waals surface area contributed by atoms with Crippen LogP contribution in [0.25, 0.3) is 11.0 Å². The Hall–Kier alpha value is -2.53. The molecule has 0 aliphatic heterocycles. The molecule has 132 valence electrons. The second-order valence-electron chi connectivity index (χ2n) is 6.45. The van der Waals surface area contributed by atoms with Gasteiger partial charge in [0.25, 0.3) is 0 Å². The zero-order valence-electron chi connectivity index (χ0n) is 15.2. The summed E-state index contributed by atoms with van der Waals surface area (Å²) < 4.78 is 15.0. The van der Waals surface area contributed by atoms with Crippen molar-refractivity contribution in [2.45, 2.75) is 26.5 Å². The molecule has 0 bridgehead atoms. The lowest BCUT2D eigenvalue weighted by Gasteiger charge is -2.12. The number of benzene rings is 2. The van der Waals surface area contributed by atoms with E-state index in [1.807, 2.05) is 37.6 Å². The maximum atomic E-state index is 10.4. The molecule has 0 aliphatic carbocycles. The van der Waals surface area contributed by atoms with E-state index in [9.17, 15) is 5.11 Å². The summed E-state index contributed by atoms with van der Waals surface area (Å²) in [4.78, 5) is 0. The van der Waals surface area contributed by atoms with Gasteiger partial charge in [-0.25, -0.2) is 9.13 Å². The number of ether oxygens (including phenoxy) is 2. The van der Waals surface area contributed by atoms with E-state index in [2.05, 4.69) is 35.1 Å². The van der Waals surface area contributed by atoms with Crippen molar-refractivity contribution < 1.29 is 19.1 Å². The minimum Gasteiger partial charge on any atom is -0.497 e. The van der Waals surface area contributed by atoms with Gasteiger partial charge >= 0.3 is 0 Å². The van der Waals surface area contributed by atoms with Crippen molar-refractivity contribution in [3.05, 3.63) is 53.9 Å². The lowest BCUT2D eigenvalue weighted by atomic mass is 10.1. The molecule has 5 heteroatoms. The molecule has 1 unspecified atom stereocenters. The van der Waals surface area contributed by atoms with Crippen molar-refractivity contribution in [2.75, 3.05) is 13.7 Å². The molecule has 1 heterocycles. The lowest BCUT2D eigenvalue weighted by Crippen LogP contribution is -2.27. The number of methoxy groups -OCH3 is 1. The van der Waals surface area contributed by atoms with E-state index < -0.39 is 6.10 Å². The number of aryl methyl sites for hydroxylation is 3. The third kappa shape index (κ3) is 3.77. The number of nitrogens with zero attached hydrogens (tertiary/aromatic N) is 2. The first-order chi connectivity index (χ1) is 12.0. The Labute approximate surface area is 148 Å². The van der Waals surface area contributed by atoms with E-state index >= 15 is 0 Å². The zero-order chi connectivity index (χ0) is 18.0. The fourth-order valence-corrected chi connectivity index (χ4v) is 2.94. The van der Waals surface area contributed by atoms with Crippen LogP contribution in [0.5, 0.6) is 11.5 Å². The van der Waals surface area contributed by atoms with Gasteiger partial charge in [-0.05, 0) is 49.2 Å². The molecule has 0 spiro atoms. The second kappa shape index (κ2) is 7.15. The number of rotatable bonds is 6. The second-order valence-corrected chi connectivity index (χ2v) is 6.45. The Bertz CT molecular complexity index is 886. The molecular formula is C20H25N2O3+. The van der Waals surface area contributed by atoms with Crippen LogP contribution in [0.1, 0.15) is 11.1 Å².